The van der Waals surface area contributed by atoms with E-state index in [2.05, 4.69) is 4.99 Å². The third-order valence-electron chi connectivity index (χ3n) is 4.15. The van der Waals surface area contributed by atoms with Crippen molar-refractivity contribution in [2.45, 2.75) is 66.8 Å². The van der Waals surface area contributed by atoms with E-state index in [-0.39, 0.29) is 28.6 Å². The minimum absolute atomic E-state index is 0.121. The maximum absolute atomic E-state index is 13.4. The Morgan fingerprint density at radius 3 is 2.04 bits per heavy atom. The monoisotopic (exact) mass is 370 g/mol. The van der Waals surface area contributed by atoms with Crippen molar-refractivity contribution in [1.82, 2.24) is 4.57 Å². The lowest BCUT2D eigenvalue weighted by Crippen LogP contribution is -2.43. The summed E-state index contributed by atoms with van der Waals surface area (Å²) in [6.07, 6.45) is 0. The van der Waals surface area contributed by atoms with E-state index < -0.39 is 10.8 Å². The molecule has 0 spiro atoms. The highest BCUT2D eigenvalue weighted by Crippen LogP contribution is 2.28. The second-order valence-electron chi connectivity index (χ2n) is 9.13. The number of rotatable bonds is 3. The van der Waals surface area contributed by atoms with Gasteiger partial charge in [0.25, 0.3) is 5.56 Å². The molecule has 1 heterocycles. The van der Waals surface area contributed by atoms with Crippen LogP contribution in [0.3, 0.4) is 0 Å². The number of hydrogen-bond donors (Lipinski definition) is 0. The maximum Gasteiger partial charge on any atom is 0.305 e. The zero-order valence-corrected chi connectivity index (χ0v) is 17.6. The first-order valence-corrected chi connectivity index (χ1v) is 9.28. The predicted octanol–water partition coefficient (Wildman–Crippen LogP) is 4.78. The summed E-state index contributed by atoms with van der Waals surface area (Å²) >= 11 is 0. The Hall–Kier alpha value is -2.43. The lowest BCUT2D eigenvalue weighted by molar-refractivity contribution is 0.0846. The molecular formula is C22H30N2O3. The molecule has 0 atom stereocenters. The van der Waals surface area contributed by atoms with Crippen LogP contribution in [-0.4, -0.2) is 10.4 Å². The minimum atomic E-state index is -0.693. The summed E-state index contributed by atoms with van der Waals surface area (Å²) in [4.78, 5) is 31.0. The van der Waals surface area contributed by atoms with Gasteiger partial charge in [-0.05, 0) is 26.0 Å². The molecule has 1 aromatic carbocycles. The van der Waals surface area contributed by atoms with Gasteiger partial charge in [0, 0.05) is 16.9 Å². The van der Waals surface area contributed by atoms with Crippen molar-refractivity contribution in [2.75, 3.05) is 0 Å². The molecule has 0 unspecified atom stereocenters. The van der Waals surface area contributed by atoms with Crippen LogP contribution < -0.4 is 11.2 Å². The van der Waals surface area contributed by atoms with Gasteiger partial charge in [-0.2, -0.15) is 4.99 Å². The average molecular weight is 370 g/mol. The summed E-state index contributed by atoms with van der Waals surface area (Å²) in [6, 6.07) is 9.13. The van der Waals surface area contributed by atoms with Gasteiger partial charge in [-0.25, -0.2) is 0 Å². The smallest absolute Gasteiger partial charge is 0.305 e. The molecule has 5 heteroatoms. The molecule has 0 saturated carbocycles. The predicted molar refractivity (Wildman–Crippen MR) is 108 cm³/mol. The topological polar surface area (TPSA) is 64.6 Å². The number of carbonyl (C=O) groups is 1. The number of benzene rings is 1. The molecule has 0 aliphatic carbocycles. The average Bonchev–Trinajstić information content (AvgIpc) is 2.52. The second kappa shape index (κ2) is 7.29. The Kier molecular flexibility index (Phi) is 5.64. The Labute approximate surface area is 160 Å². The summed E-state index contributed by atoms with van der Waals surface area (Å²) in [6.45, 7) is 15.0. The van der Waals surface area contributed by atoms with Crippen LogP contribution in [0.5, 0.6) is 0 Å². The first-order valence-electron chi connectivity index (χ1n) is 9.28. The van der Waals surface area contributed by atoms with Gasteiger partial charge in [-0.15, -0.1) is 0 Å². The molecule has 0 saturated heterocycles. The fourth-order valence-electron chi connectivity index (χ4n) is 2.74. The number of para-hydroxylation sites is 1. The van der Waals surface area contributed by atoms with Crippen molar-refractivity contribution < 1.29 is 9.21 Å². The van der Waals surface area contributed by atoms with Crippen molar-refractivity contribution in [2.24, 2.45) is 10.4 Å². The second-order valence-corrected chi connectivity index (χ2v) is 9.13. The van der Waals surface area contributed by atoms with Crippen LogP contribution in [0, 0.1) is 5.41 Å². The summed E-state index contributed by atoms with van der Waals surface area (Å²) in [7, 11) is 0. The highest BCUT2D eigenvalue weighted by Gasteiger charge is 2.35. The van der Waals surface area contributed by atoms with E-state index in [1.54, 1.807) is 0 Å². The largest absolute Gasteiger partial charge is 0.428 e. The van der Waals surface area contributed by atoms with Gasteiger partial charge in [-0.1, -0.05) is 59.7 Å². The molecule has 0 aliphatic heterocycles. The third kappa shape index (κ3) is 4.46. The van der Waals surface area contributed by atoms with E-state index >= 15 is 0 Å². The SMILES string of the molecule is CC(C)n1c(=Nc2ccccc2)oc(C(C)(C)C)c(C(=O)C(C)(C)C)c1=O. The first-order chi connectivity index (χ1) is 12.3. The standard InChI is InChI=1S/C22H30N2O3/c1-14(2)24-19(26)16(17(25)21(3,4)5)18(22(6,7)8)27-20(24)23-15-12-10-9-11-13-15/h9-14H,1-8H3. The van der Waals surface area contributed by atoms with Crippen LogP contribution in [0.4, 0.5) is 5.69 Å². The normalized spacial score (nSPS) is 13.3. The van der Waals surface area contributed by atoms with E-state index in [0.717, 1.165) is 0 Å². The lowest BCUT2D eigenvalue weighted by atomic mass is 9.81. The molecule has 5 nitrogen and oxygen atoms in total. The van der Waals surface area contributed by atoms with Crippen LogP contribution in [0.25, 0.3) is 0 Å². The molecule has 0 amide bonds. The van der Waals surface area contributed by atoms with Crippen molar-refractivity contribution >= 4 is 11.5 Å². The zero-order valence-electron chi connectivity index (χ0n) is 17.6. The zero-order chi connectivity index (χ0) is 20.6. The summed E-state index contributed by atoms with van der Waals surface area (Å²) in [5.41, 5.74) is -0.554. The highest BCUT2D eigenvalue weighted by molar-refractivity contribution is 6.00. The molecule has 0 bridgehead atoms. The Bertz CT molecular complexity index is 950. The summed E-state index contributed by atoms with van der Waals surface area (Å²) in [5.74, 6) is 0.154. The van der Waals surface area contributed by atoms with Gasteiger partial charge >= 0.3 is 5.68 Å². The molecule has 0 radical (unpaired) electrons. The first kappa shape index (κ1) is 20.9. The number of nitrogens with zero attached hydrogens (tertiary/aromatic N) is 2. The van der Waals surface area contributed by atoms with Gasteiger partial charge in [0.2, 0.25) is 0 Å². The van der Waals surface area contributed by atoms with Gasteiger partial charge in [0.05, 0.1) is 5.69 Å². The van der Waals surface area contributed by atoms with Crippen LogP contribution in [0.15, 0.2) is 44.5 Å². The number of ketones is 1. The quantitative estimate of drug-likeness (QED) is 0.730. The number of carbonyl (C=O) groups excluding carboxylic acids is 1. The van der Waals surface area contributed by atoms with Crippen LogP contribution in [-0.2, 0) is 5.41 Å². The number of hydrogen-bond acceptors (Lipinski definition) is 4. The van der Waals surface area contributed by atoms with E-state index in [1.165, 1.54) is 4.57 Å². The van der Waals surface area contributed by atoms with Gasteiger partial charge in [0.15, 0.2) is 5.78 Å². The van der Waals surface area contributed by atoms with Crippen molar-refractivity contribution in [3.63, 3.8) is 0 Å². The van der Waals surface area contributed by atoms with E-state index in [4.69, 9.17) is 4.42 Å². The van der Waals surface area contributed by atoms with Crippen molar-refractivity contribution in [3.8, 4) is 0 Å². The summed E-state index contributed by atoms with van der Waals surface area (Å²) < 4.78 is 7.60. The molecule has 0 N–H and O–H groups in total. The van der Waals surface area contributed by atoms with Crippen molar-refractivity contribution in [3.05, 3.63) is 57.7 Å². The Balaban J connectivity index is 2.98. The molecular weight excluding hydrogens is 340 g/mol. The van der Waals surface area contributed by atoms with Gasteiger partial charge < -0.3 is 4.42 Å². The molecule has 0 fully saturated rings. The van der Waals surface area contributed by atoms with Crippen LogP contribution in [0.1, 0.15) is 77.5 Å². The van der Waals surface area contributed by atoms with Gasteiger partial charge in [-0.3, -0.25) is 14.2 Å². The van der Waals surface area contributed by atoms with Crippen LogP contribution in [0.2, 0.25) is 0 Å². The number of Topliss-reactive ketones (excluding diaryl/α,β-unsaturated/α-hetero) is 1. The van der Waals surface area contributed by atoms with E-state index in [0.29, 0.717) is 11.4 Å². The Morgan fingerprint density at radius 1 is 1.04 bits per heavy atom. The number of aromatic nitrogens is 1. The minimum Gasteiger partial charge on any atom is -0.428 e. The fourth-order valence-corrected chi connectivity index (χ4v) is 2.74. The third-order valence-corrected chi connectivity index (χ3v) is 4.15. The van der Waals surface area contributed by atoms with Gasteiger partial charge in [0.1, 0.15) is 11.3 Å². The molecule has 146 valence electrons. The maximum atomic E-state index is 13.4. The fraction of sp³-hybridized carbons (Fsp3) is 0.500. The molecule has 1 aromatic heterocycles. The molecule has 0 aliphatic rings. The molecule has 27 heavy (non-hydrogen) atoms. The van der Waals surface area contributed by atoms with Crippen LogP contribution >= 0.6 is 0 Å². The molecule has 2 rings (SSSR count). The van der Waals surface area contributed by atoms with E-state index in [1.807, 2.05) is 85.7 Å². The lowest BCUT2D eigenvalue weighted by Gasteiger charge is -2.25. The van der Waals surface area contributed by atoms with Crippen molar-refractivity contribution in [1.29, 1.82) is 0 Å². The summed E-state index contributed by atoms with van der Waals surface area (Å²) in [5, 5.41) is 0. The van der Waals surface area contributed by atoms with E-state index in [9.17, 15) is 9.59 Å². The molecule has 2 aromatic rings. The Morgan fingerprint density at radius 2 is 1.59 bits per heavy atom. The highest BCUT2D eigenvalue weighted by atomic mass is 16.4.